The van der Waals surface area contributed by atoms with Crippen LogP contribution >= 0.6 is 12.2 Å². The Labute approximate surface area is 138 Å². The molecule has 2 N–H and O–H groups in total. The molecule has 1 aliphatic heterocycles. The number of pyridine rings is 1. The summed E-state index contributed by atoms with van der Waals surface area (Å²) in [5.41, 5.74) is 1.10. The zero-order valence-corrected chi connectivity index (χ0v) is 13.2. The Morgan fingerprint density at radius 2 is 1.96 bits per heavy atom. The molecule has 0 bridgehead atoms. The standard InChI is InChI=1S/C17H16N2O3S/c20-15(12-4-3-9-18-16(12)23)19-11-5-6-13-14(10-11)22-17(21-13)7-1-2-8-17/h3-6,9-10H,1-2,7-8H2,(H,18,23)(H,19,20). The largest absolute Gasteiger partial charge is 0.448 e. The highest BCUT2D eigenvalue weighted by Crippen LogP contribution is 2.47. The fraction of sp³-hybridized carbons (Fsp3) is 0.294. The van der Waals surface area contributed by atoms with E-state index in [-0.39, 0.29) is 5.91 Å². The number of carbonyl (C=O) groups excluding carboxylic acids is 1. The van der Waals surface area contributed by atoms with Gasteiger partial charge in [-0.2, -0.15) is 0 Å². The van der Waals surface area contributed by atoms with Gasteiger partial charge in [0.05, 0.1) is 5.56 Å². The Kier molecular flexibility index (Phi) is 3.34. The average molecular weight is 328 g/mol. The van der Waals surface area contributed by atoms with E-state index >= 15 is 0 Å². The SMILES string of the molecule is O=C(Nc1ccc2c(c1)OC1(CCCC1)O2)c1ccc[nH]c1=S. The van der Waals surface area contributed by atoms with Crippen molar-refractivity contribution in [3.8, 4) is 11.5 Å². The van der Waals surface area contributed by atoms with Crippen molar-refractivity contribution < 1.29 is 14.3 Å². The van der Waals surface area contributed by atoms with Crippen LogP contribution in [0.15, 0.2) is 36.5 Å². The Morgan fingerprint density at radius 1 is 1.17 bits per heavy atom. The second-order valence-corrected chi connectivity index (χ2v) is 6.26. The Balaban J connectivity index is 1.55. The summed E-state index contributed by atoms with van der Waals surface area (Å²) >= 11 is 5.13. The third kappa shape index (κ3) is 2.59. The third-order valence-electron chi connectivity index (χ3n) is 4.22. The Hall–Kier alpha value is -2.34. The number of hydrogen-bond donors (Lipinski definition) is 2. The Morgan fingerprint density at radius 3 is 2.74 bits per heavy atom. The minimum Gasteiger partial charge on any atom is -0.448 e. The molecule has 0 atom stereocenters. The fourth-order valence-electron chi connectivity index (χ4n) is 3.09. The van der Waals surface area contributed by atoms with Gasteiger partial charge in [0, 0.05) is 30.8 Å². The van der Waals surface area contributed by atoms with Crippen LogP contribution in [0.25, 0.3) is 0 Å². The number of ether oxygens (including phenoxy) is 2. The lowest BCUT2D eigenvalue weighted by Crippen LogP contribution is -2.34. The number of fused-ring (bicyclic) bond motifs is 1. The molecule has 1 aromatic heterocycles. The lowest BCUT2D eigenvalue weighted by molar-refractivity contribution is -0.0716. The van der Waals surface area contributed by atoms with Crippen molar-refractivity contribution in [2.24, 2.45) is 0 Å². The second-order valence-electron chi connectivity index (χ2n) is 5.85. The zero-order valence-electron chi connectivity index (χ0n) is 12.4. The summed E-state index contributed by atoms with van der Waals surface area (Å²) in [6.45, 7) is 0. The molecule has 5 nitrogen and oxygen atoms in total. The van der Waals surface area contributed by atoms with Crippen LogP contribution in [0.2, 0.25) is 0 Å². The number of rotatable bonds is 2. The van der Waals surface area contributed by atoms with Crippen LogP contribution in [0.3, 0.4) is 0 Å². The maximum absolute atomic E-state index is 12.3. The smallest absolute Gasteiger partial charge is 0.258 e. The van der Waals surface area contributed by atoms with E-state index in [0.717, 1.165) is 31.4 Å². The predicted octanol–water partition coefficient (Wildman–Crippen LogP) is 4.04. The molecule has 4 rings (SSSR count). The number of anilines is 1. The van der Waals surface area contributed by atoms with E-state index in [1.54, 1.807) is 24.4 Å². The van der Waals surface area contributed by atoms with E-state index in [0.29, 0.717) is 21.6 Å². The van der Waals surface area contributed by atoms with Gasteiger partial charge in [0.15, 0.2) is 11.5 Å². The molecule has 1 aromatic carbocycles. The first-order valence-electron chi connectivity index (χ1n) is 7.66. The first-order valence-corrected chi connectivity index (χ1v) is 8.07. The minimum atomic E-state index is -0.493. The number of carbonyl (C=O) groups is 1. The second kappa shape index (κ2) is 5.38. The fourth-order valence-corrected chi connectivity index (χ4v) is 3.32. The molecule has 6 heteroatoms. The van der Waals surface area contributed by atoms with Crippen LogP contribution in [0.1, 0.15) is 36.0 Å². The molecule has 0 radical (unpaired) electrons. The minimum absolute atomic E-state index is 0.249. The molecule has 23 heavy (non-hydrogen) atoms. The van der Waals surface area contributed by atoms with E-state index in [1.165, 1.54) is 0 Å². The van der Waals surface area contributed by atoms with Gasteiger partial charge in [-0.25, -0.2) is 0 Å². The van der Waals surface area contributed by atoms with Gasteiger partial charge in [-0.1, -0.05) is 12.2 Å². The first-order chi connectivity index (χ1) is 11.2. The maximum Gasteiger partial charge on any atom is 0.258 e. The monoisotopic (exact) mass is 328 g/mol. The van der Waals surface area contributed by atoms with Crippen molar-refractivity contribution in [2.45, 2.75) is 31.5 Å². The Bertz CT molecular complexity index is 825. The maximum atomic E-state index is 12.3. The van der Waals surface area contributed by atoms with Gasteiger partial charge >= 0.3 is 0 Å². The van der Waals surface area contributed by atoms with Gasteiger partial charge in [0.2, 0.25) is 0 Å². The highest BCUT2D eigenvalue weighted by atomic mass is 32.1. The van der Waals surface area contributed by atoms with Crippen LogP contribution in [0.4, 0.5) is 5.69 Å². The van der Waals surface area contributed by atoms with E-state index in [4.69, 9.17) is 21.7 Å². The average Bonchev–Trinajstić information content (AvgIpc) is 3.13. The van der Waals surface area contributed by atoms with Gasteiger partial charge in [-0.05, 0) is 37.1 Å². The summed E-state index contributed by atoms with van der Waals surface area (Å²) in [6.07, 6.45) is 5.74. The molecule has 1 amide bonds. The van der Waals surface area contributed by atoms with Crippen molar-refractivity contribution in [2.75, 3.05) is 5.32 Å². The van der Waals surface area contributed by atoms with E-state index in [1.807, 2.05) is 12.1 Å². The number of amides is 1. The number of H-pyrrole nitrogens is 1. The van der Waals surface area contributed by atoms with Crippen LogP contribution in [0.5, 0.6) is 11.5 Å². The summed E-state index contributed by atoms with van der Waals surface area (Å²) in [6, 6.07) is 8.88. The van der Waals surface area contributed by atoms with E-state index in [9.17, 15) is 4.79 Å². The number of aromatic nitrogens is 1. The summed E-state index contributed by atoms with van der Waals surface area (Å²) < 4.78 is 12.4. The summed E-state index contributed by atoms with van der Waals surface area (Å²) in [5.74, 6) is 0.679. The molecule has 118 valence electrons. The first kappa shape index (κ1) is 14.3. The van der Waals surface area contributed by atoms with Crippen molar-refractivity contribution in [1.29, 1.82) is 0 Å². The molecule has 0 saturated heterocycles. The van der Waals surface area contributed by atoms with Gasteiger partial charge in [-0.15, -0.1) is 0 Å². The van der Waals surface area contributed by atoms with Gasteiger partial charge in [0.1, 0.15) is 4.64 Å². The lowest BCUT2D eigenvalue weighted by Gasteiger charge is -2.21. The molecule has 1 spiro atoms. The predicted molar refractivity (Wildman–Crippen MR) is 88.5 cm³/mol. The molecule has 1 saturated carbocycles. The van der Waals surface area contributed by atoms with Crippen molar-refractivity contribution in [1.82, 2.24) is 4.98 Å². The molecule has 2 heterocycles. The van der Waals surface area contributed by atoms with Crippen LogP contribution in [-0.2, 0) is 0 Å². The third-order valence-corrected chi connectivity index (χ3v) is 4.56. The summed E-state index contributed by atoms with van der Waals surface area (Å²) in [7, 11) is 0. The molecule has 0 unspecified atom stereocenters. The molecule has 2 aliphatic rings. The topological polar surface area (TPSA) is 63.4 Å². The normalized spacial score (nSPS) is 17.4. The van der Waals surface area contributed by atoms with Crippen molar-refractivity contribution >= 4 is 23.8 Å². The molecular weight excluding hydrogens is 312 g/mol. The van der Waals surface area contributed by atoms with Gasteiger partial charge < -0.3 is 19.8 Å². The molecule has 2 aromatic rings. The lowest BCUT2D eigenvalue weighted by atomic mass is 10.2. The van der Waals surface area contributed by atoms with Crippen molar-refractivity contribution in [3.63, 3.8) is 0 Å². The van der Waals surface area contributed by atoms with E-state index in [2.05, 4.69) is 10.3 Å². The van der Waals surface area contributed by atoms with Gasteiger partial charge in [0.25, 0.3) is 11.7 Å². The molecule has 1 fully saturated rings. The quantitative estimate of drug-likeness (QED) is 0.817. The summed E-state index contributed by atoms with van der Waals surface area (Å²) in [5, 5.41) is 2.85. The van der Waals surface area contributed by atoms with Crippen LogP contribution in [-0.4, -0.2) is 16.7 Å². The number of aromatic amines is 1. The number of nitrogens with one attached hydrogen (secondary N) is 2. The van der Waals surface area contributed by atoms with E-state index < -0.39 is 5.79 Å². The number of benzene rings is 1. The molecular formula is C17H16N2O3S. The van der Waals surface area contributed by atoms with Crippen LogP contribution < -0.4 is 14.8 Å². The highest BCUT2D eigenvalue weighted by molar-refractivity contribution is 7.71. The zero-order chi connectivity index (χ0) is 15.9. The van der Waals surface area contributed by atoms with Crippen molar-refractivity contribution in [3.05, 3.63) is 46.7 Å². The highest BCUT2D eigenvalue weighted by Gasteiger charge is 2.44. The summed E-state index contributed by atoms with van der Waals surface area (Å²) in [4.78, 5) is 15.2. The van der Waals surface area contributed by atoms with Gasteiger partial charge in [-0.3, -0.25) is 4.79 Å². The van der Waals surface area contributed by atoms with Crippen LogP contribution in [0, 0.1) is 4.64 Å². The molecule has 1 aliphatic carbocycles. The number of hydrogen-bond acceptors (Lipinski definition) is 4.